The molecule has 0 aliphatic rings. The van der Waals surface area contributed by atoms with Crippen LogP contribution in [0.3, 0.4) is 0 Å². The molecule has 142 valence electrons. The number of benzene rings is 2. The Labute approximate surface area is 159 Å². The summed E-state index contributed by atoms with van der Waals surface area (Å²) in [6, 6.07) is 13.8. The van der Waals surface area contributed by atoms with Crippen molar-refractivity contribution in [1.82, 2.24) is 5.32 Å². The van der Waals surface area contributed by atoms with Crippen molar-refractivity contribution in [3.63, 3.8) is 0 Å². The zero-order chi connectivity index (χ0) is 19.6. The lowest BCUT2D eigenvalue weighted by Crippen LogP contribution is -2.25. The maximum atomic E-state index is 13.7. The third-order valence-electron chi connectivity index (χ3n) is 3.89. The van der Waals surface area contributed by atoms with Crippen LogP contribution in [0.4, 0.5) is 4.39 Å². The minimum atomic E-state index is -0.294. The molecule has 3 N–H and O–H groups in total. The molecular weight excluding hydrogens is 343 g/mol. The molecule has 0 unspecified atom stereocenters. The molecule has 0 fully saturated rings. The van der Waals surface area contributed by atoms with Crippen LogP contribution in [0.2, 0.25) is 0 Å². The van der Waals surface area contributed by atoms with Gasteiger partial charge in [-0.1, -0.05) is 49.4 Å². The number of rotatable bonds is 8. The van der Waals surface area contributed by atoms with Gasteiger partial charge in [0.05, 0.1) is 5.57 Å². The molecule has 2 aromatic rings. The molecule has 5 heteroatoms. The Morgan fingerprint density at radius 3 is 2.70 bits per heavy atom. The van der Waals surface area contributed by atoms with E-state index in [2.05, 4.69) is 5.32 Å². The summed E-state index contributed by atoms with van der Waals surface area (Å²) < 4.78 is 19.3. The average Bonchev–Trinajstić information content (AvgIpc) is 2.66. The number of allylic oxidation sites excluding steroid dienone is 2. The molecule has 0 bridgehead atoms. The second-order valence-electron chi connectivity index (χ2n) is 6.12. The Bertz CT molecular complexity index is 840. The molecule has 2 rings (SSSR count). The van der Waals surface area contributed by atoms with Gasteiger partial charge in [0.2, 0.25) is 0 Å². The molecule has 0 aliphatic carbocycles. The summed E-state index contributed by atoms with van der Waals surface area (Å²) >= 11 is 0. The second kappa shape index (κ2) is 10.2. The monoisotopic (exact) mass is 368 g/mol. The molecule has 0 saturated carbocycles. The van der Waals surface area contributed by atoms with Gasteiger partial charge in [0.25, 0.3) is 5.91 Å². The van der Waals surface area contributed by atoms with Crippen molar-refractivity contribution in [3.05, 3.63) is 88.9 Å². The SMILES string of the molecule is CC/C=C\C(C(=O)NCc1cccc(OCc2ccccc2F)c1)=C(/C)N. The highest BCUT2D eigenvalue weighted by molar-refractivity contribution is 5.96. The van der Waals surface area contributed by atoms with Crippen molar-refractivity contribution >= 4 is 5.91 Å². The van der Waals surface area contributed by atoms with Crippen LogP contribution in [0.15, 0.2) is 72.0 Å². The number of ether oxygens (including phenoxy) is 1. The van der Waals surface area contributed by atoms with Gasteiger partial charge in [0.15, 0.2) is 0 Å². The van der Waals surface area contributed by atoms with E-state index >= 15 is 0 Å². The highest BCUT2D eigenvalue weighted by atomic mass is 19.1. The van der Waals surface area contributed by atoms with Gasteiger partial charge in [-0.05, 0) is 37.1 Å². The van der Waals surface area contributed by atoms with Gasteiger partial charge in [-0.2, -0.15) is 0 Å². The van der Waals surface area contributed by atoms with E-state index in [1.165, 1.54) is 6.07 Å². The van der Waals surface area contributed by atoms with Gasteiger partial charge in [0, 0.05) is 17.8 Å². The van der Waals surface area contributed by atoms with Crippen molar-refractivity contribution in [1.29, 1.82) is 0 Å². The summed E-state index contributed by atoms with van der Waals surface area (Å²) in [7, 11) is 0. The Morgan fingerprint density at radius 1 is 1.22 bits per heavy atom. The van der Waals surface area contributed by atoms with Crippen LogP contribution in [-0.2, 0) is 17.9 Å². The molecular formula is C22H25FN2O2. The van der Waals surface area contributed by atoms with Crippen molar-refractivity contribution in [2.75, 3.05) is 0 Å². The minimum Gasteiger partial charge on any atom is -0.489 e. The summed E-state index contributed by atoms with van der Waals surface area (Å²) in [6.07, 6.45) is 4.45. The molecule has 2 aromatic carbocycles. The quantitative estimate of drug-likeness (QED) is 0.542. The van der Waals surface area contributed by atoms with E-state index in [-0.39, 0.29) is 18.3 Å². The zero-order valence-corrected chi connectivity index (χ0v) is 15.7. The van der Waals surface area contributed by atoms with Crippen LogP contribution < -0.4 is 15.8 Å². The maximum absolute atomic E-state index is 13.7. The molecule has 0 heterocycles. The van der Waals surface area contributed by atoms with E-state index in [4.69, 9.17) is 10.5 Å². The molecule has 27 heavy (non-hydrogen) atoms. The predicted octanol–water partition coefficient (Wildman–Crippen LogP) is 4.22. The lowest BCUT2D eigenvalue weighted by Gasteiger charge is -2.10. The Morgan fingerprint density at radius 2 is 2.00 bits per heavy atom. The second-order valence-corrected chi connectivity index (χ2v) is 6.12. The van der Waals surface area contributed by atoms with Crippen LogP contribution in [-0.4, -0.2) is 5.91 Å². The largest absolute Gasteiger partial charge is 0.489 e. The third-order valence-corrected chi connectivity index (χ3v) is 3.89. The fraction of sp³-hybridized carbons (Fsp3) is 0.227. The standard InChI is InChI=1S/C22H25FN2O2/c1-3-4-11-20(16(2)24)22(26)25-14-17-8-7-10-19(13-17)27-15-18-9-5-6-12-21(18)23/h4-13H,3,14-15,24H2,1-2H3,(H,25,26)/b11-4-,20-16-. The van der Waals surface area contributed by atoms with E-state index in [0.717, 1.165) is 12.0 Å². The first kappa shape index (κ1) is 20.2. The van der Waals surface area contributed by atoms with Crippen molar-refractivity contribution in [3.8, 4) is 5.75 Å². The first-order valence-corrected chi connectivity index (χ1v) is 8.87. The van der Waals surface area contributed by atoms with Crippen LogP contribution in [0.25, 0.3) is 0 Å². The Kier molecular flexibility index (Phi) is 7.62. The van der Waals surface area contributed by atoms with Crippen LogP contribution in [0.5, 0.6) is 5.75 Å². The number of nitrogens with two attached hydrogens (primary N) is 1. The van der Waals surface area contributed by atoms with Crippen molar-refractivity contribution < 1.29 is 13.9 Å². The van der Waals surface area contributed by atoms with Gasteiger partial charge in [-0.25, -0.2) is 4.39 Å². The average molecular weight is 368 g/mol. The molecule has 4 nitrogen and oxygen atoms in total. The van der Waals surface area contributed by atoms with Gasteiger partial charge in [-0.3, -0.25) is 4.79 Å². The van der Waals surface area contributed by atoms with Gasteiger partial charge in [-0.15, -0.1) is 0 Å². The number of halogens is 1. The maximum Gasteiger partial charge on any atom is 0.253 e. The van der Waals surface area contributed by atoms with E-state index in [1.54, 1.807) is 37.3 Å². The number of hydrogen-bond donors (Lipinski definition) is 2. The molecule has 1 amide bonds. The van der Waals surface area contributed by atoms with Gasteiger partial charge in [0.1, 0.15) is 18.2 Å². The van der Waals surface area contributed by atoms with Crippen molar-refractivity contribution in [2.45, 2.75) is 33.4 Å². The number of carbonyl (C=O) groups excluding carboxylic acids is 1. The number of hydrogen-bond acceptors (Lipinski definition) is 3. The van der Waals surface area contributed by atoms with E-state index in [9.17, 15) is 9.18 Å². The summed E-state index contributed by atoms with van der Waals surface area (Å²) in [4.78, 5) is 12.3. The Hall–Kier alpha value is -3.08. The van der Waals surface area contributed by atoms with E-state index in [0.29, 0.717) is 29.1 Å². The molecule has 0 spiro atoms. The van der Waals surface area contributed by atoms with E-state index < -0.39 is 0 Å². The normalized spacial score (nSPS) is 12.0. The Balaban J connectivity index is 1.97. The van der Waals surface area contributed by atoms with Crippen LogP contribution in [0, 0.1) is 5.82 Å². The van der Waals surface area contributed by atoms with Crippen LogP contribution >= 0.6 is 0 Å². The predicted molar refractivity (Wildman–Crippen MR) is 105 cm³/mol. The molecule has 0 aliphatic heterocycles. The molecule has 0 radical (unpaired) electrons. The highest BCUT2D eigenvalue weighted by Gasteiger charge is 2.09. The summed E-state index contributed by atoms with van der Waals surface area (Å²) in [5.41, 5.74) is 8.10. The van der Waals surface area contributed by atoms with Gasteiger partial charge < -0.3 is 15.8 Å². The topological polar surface area (TPSA) is 64.3 Å². The third kappa shape index (κ3) is 6.29. The first-order chi connectivity index (χ1) is 13.0. The number of nitrogens with one attached hydrogen (secondary N) is 1. The number of carbonyl (C=O) groups is 1. The lowest BCUT2D eigenvalue weighted by molar-refractivity contribution is -0.117. The molecule has 0 saturated heterocycles. The summed E-state index contributed by atoms with van der Waals surface area (Å²) in [6.45, 7) is 4.17. The van der Waals surface area contributed by atoms with Crippen LogP contribution in [0.1, 0.15) is 31.4 Å². The lowest BCUT2D eigenvalue weighted by atomic mass is 10.1. The smallest absolute Gasteiger partial charge is 0.253 e. The summed E-state index contributed by atoms with van der Waals surface area (Å²) in [5, 5.41) is 2.86. The minimum absolute atomic E-state index is 0.142. The molecule has 0 aromatic heterocycles. The first-order valence-electron chi connectivity index (χ1n) is 8.87. The molecule has 0 atom stereocenters. The highest BCUT2D eigenvalue weighted by Crippen LogP contribution is 2.16. The number of amides is 1. The van der Waals surface area contributed by atoms with E-state index in [1.807, 2.05) is 31.2 Å². The zero-order valence-electron chi connectivity index (χ0n) is 15.7. The fourth-order valence-corrected chi connectivity index (χ4v) is 2.42. The van der Waals surface area contributed by atoms with Gasteiger partial charge >= 0.3 is 0 Å². The van der Waals surface area contributed by atoms with Crippen molar-refractivity contribution in [2.24, 2.45) is 5.73 Å². The fourth-order valence-electron chi connectivity index (χ4n) is 2.42. The summed E-state index contributed by atoms with van der Waals surface area (Å²) in [5.74, 6) is 0.0940.